The van der Waals surface area contributed by atoms with E-state index in [-0.39, 0.29) is 35.0 Å². The fraction of sp³-hybridized carbons (Fsp3) is 0.370. The number of esters is 2. The number of phenols is 2. The number of ketones is 1. The molecule has 0 saturated carbocycles. The molecular formula is C27H28O7. The van der Waals surface area contributed by atoms with Crippen molar-refractivity contribution >= 4 is 23.8 Å². The first-order valence-corrected chi connectivity index (χ1v) is 11.6. The molecule has 2 aromatic carbocycles. The highest BCUT2D eigenvalue weighted by atomic mass is 16.5. The third-order valence-corrected chi connectivity index (χ3v) is 6.27. The lowest BCUT2D eigenvalue weighted by molar-refractivity contribution is -0.135. The van der Waals surface area contributed by atoms with Crippen molar-refractivity contribution in [3.05, 3.63) is 58.7 Å². The van der Waals surface area contributed by atoms with Gasteiger partial charge in [-0.15, -0.1) is 0 Å². The van der Waals surface area contributed by atoms with E-state index in [0.717, 1.165) is 0 Å². The Labute approximate surface area is 198 Å². The maximum atomic E-state index is 13.2. The van der Waals surface area contributed by atoms with Crippen molar-refractivity contribution < 1.29 is 34.1 Å². The molecule has 2 atom stereocenters. The van der Waals surface area contributed by atoms with Gasteiger partial charge in [0.15, 0.2) is 0 Å². The van der Waals surface area contributed by atoms with Crippen LogP contribution in [0.1, 0.15) is 84.8 Å². The van der Waals surface area contributed by atoms with Gasteiger partial charge in [-0.2, -0.15) is 0 Å². The minimum Gasteiger partial charge on any atom is -0.508 e. The van der Waals surface area contributed by atoms with Gasteiger partial charge >= 0.3 is 11.9 Å². The Balaban J connectivity index is 1.81. The van der Waals surface area contributed by atoms with E-state index in [1.807, 2.05) is 6.08 Å². The molecule has 178 valence electrons. The maximum absolute atomic E-state index is 13.2. The topological polar surface area (TPSA) is 110 Å². The third-order valence-electron chi connectivity index (χ3n) is 6.27. The van der Waals surface area contributed by atoms with E-state index in [0.29, 0.717) is 55.2 Å². The zero-order chi connectivity index (χ0) is 24.2. The first kappa shape index (κ1) is 23.5. The molecule has 0 spiro atoms. The van der Waals surface area contributed by atoms with Crippen LogP contribution in [0.4, 0.5) is 0 Å². The van der Waals surface area contributed by atoms with Crippen molar-refractivity contribution in [1.82, 2.24) is 0 Å². The molecule has 0 aromatic heterocycles. The monoisotopic (exact) mass is 464 g/mol. The lowest BCUT2D eigenvalue weighted by atomic mass is 9.83. The molecule has 0 radical (unpaired) electrons. The van der Waals surface area contributed by atoms with Crippen molar-refractivity contribution in [2.75, 3.05) is 0 Å². The summed E-state index contributed by atoms with van der Waals surface area (Å²) in [7, 11) is 0. The summed E-state index contributed by atoms with van der Waals surface area (Å²) in [6.07, 6.45) is 6.53. The Morgan fingerprint density at radius 3 is 2.50 bits per heavy atom. The van der Waals surface area contributed by atoms with Gasteiger partial charge in [-0.05, 0) is 61.9 Å². The Morgan fingerprint density at radius 1 is 1.00 bits per heavy atom. The fourth-order valence-corrected chi connectivity index (χ4v) is 4.51. The van der Waals surface area contributed by atoms with Crippen LogP contribution >= 0.6 is 0 Å². The van der Waals surface area contributed by atoms with Crippen LogP contribution in [0.5, 0.6) is 17.2 Å². The number of fused-ring (bicyclic) bond motifs is 2. The Hall–Kier alpha value is -3.61. The van der Waals surface area contributed by atoms with Gasteiger partial charge in [0.2, 0.25) is 0 Å². The number of phenolic OH excluding ortho intramolecular Hbond substituents is 2. The zero-order valence-electron chi connectivity index (χ0n) is 19.1. The summed E-state index contributed by atoms with van der Waals surface area (Å²) in [5, 5.41) is 21.0. The molecule has 0 fully saturated rings. The summed E-state index contributed by atoms with van der Waals surface area (Å²) in [4.78, 5) is 37.6. The van der Waals surface area contributed by atoms with Gasteiger partial charge in [0.05, 0.1) is 12.5 Å². The molecule has 0 amide bonds. The van der Waals surface area contributed by atoms with E-state index in [1.165, 1.54) is 12.1 Å². The number of rotatable bonds is 1. The summed E-state index contributed by atoms with van der Waals surface area (Å²) in [5.74, 6) is -1.48. The number of allylic oxidation sites excluding steroid dienone is 1. The van der Waals surface area contributed by atoms with Gasteiger partial charge in [-0.1, -0.05) is 24.3 Å². The second kappa shape index (κ2) is 10.1. The number of ether oxygens (including phenoxy) is 2. The third kappa shape index (κ3) is 5.14. The molecule has 2 heterocycles. The summed E-state index contributed by atoms with van der Waals surface area (Å²) in [6.45, 7) is 1.76. The van der Waals surface area contributed by atoms with Crippen molar-refractivity contribution in [2.24, 2.45) is 0 Å². The molecule has 2 aromatic rings. The van der Waals surface area contributed by atoms with Crippen molar-refractivity contribution in [2.45, 2.75) is 63.9 Å². The predicted octanol–water partition coefficient (Wildman–Crippen LogP) is 5.02. The number of hydrogen-bond donors (Lipinski definition) is 2. The first-order chi connectivity index (χ1) is 16.3. The van der Waals surface area contributed by atoms with E-state index in [9.17, 15) is 24.6 Å². The Bertz CT molecular complexity index is 1130. The molecule has 4 rings (SSSR count). The van der Waals surface area contributed by atoms with Crippen molar-refractivity contribution in [3.63, 3.8) is 0 Å². The average Bonchev–Trinajstić information content (AvgIpc) is 2.78. The smallest absolute Gasteiger partial charge is 0.342 e. The van der Waals surface area contributed by atoms with Gasteiger partial charge in [0.1, 0.15) is 28.6 Å². The second-order valence-corrected chi connectivity index (χ2v) is 8.86. The van der Waals surface area contributed by atoms with Crippen molar-refractivity contribution in [3.8, 4) is 17.2 Å². The van der Waals surface area contributed by atoms with E-state index in [2.05, 4.69) is 0 Å². The SMILES string of the molecule is C[C@H]1CCCC(=O)CCCC=Cc2cc3c(c(O)c2C(=O)O1)[C@H](c1ccc(O)cc1)CC(=O)O3. The minimum absolute atomic E-state index is 0.0144. The fourth-order valence-electron chi connectivity index (χ4n) is 4.51. The minimum atomic E-state index is -0.669. The van der Waals surface area contributed by atoms with Crippen LogP contribution in [0.2, 0.25) is 0 Å². The number of cyclic esters (lactones) is 1. The molecule has 0 saturated heterocycles. The number of carbonyl (C=O) groups excluding carboxylic acids is 3. The summed E-state index contributed by atoms with van der Waals surface area (Å²) >= 11 is 0. The highest BCUT2D eigenvalue weighted by Gasteiger charge is 2.35. The van der Waals surface area contributed by atoms with Crippen LogP contribution in [0.15, 0.2) is 36.4 Å². The lowest BCUT2D eigenvalue weighted by Crippen LogP contribution is -2.23. The van der Waals surface area contributed by atoms with E-state index in [4.69, 9.17) is 9.47 Å². The normalized spacial score (nSPS) is 21.6. The zero-order valence-corrected chi connectivity index (χ0v) is 19.1. The molecule has 0 unspecified atom stereocenters. The van der Waals surface area contributed by atoms with Crippen LogP contribution in [0.3, 0.4) is 0 Å². The largest absolute Gasteiger partial charge is 0.508 e. The number of benzene rings is 2. The van der Waals surface area contributed by atoms with E-state index in [1.54, 1.807) is 31.2 Å². The molecule has 7 nitrogen and oxygen atoms in total. The standard InChI is InChI=1S/C27H28O7/c1-16-6-5-9-19(28)8-4-2-3-7-18-14-22-25(26(31)24(18)27(32)33-16)21(15-23(30)34-22)17-10-12-20(29)13-11-17/h3,7,10-14,16,21,29,31H,2,4-6,8-9,15H2,1H3/t16-,21-/m0/s1. The second-order valence-electron chi connectivity index (χ2n) is 8.86. The summed E-state index contributed by atoms with van der Waals surface area (Å²) in [5.41, 5.74) is 1.45. The molecular weight excluding hydrogens is 436 g/mol. The molecule has 2 aliphatic rings. The van der Waals surface area contributed by atoms with Gasteiger partial charge in [-0.3, -0.25) is 9.59 Å². The lowest BCUT2D eigenvalue weighted by Gasteiger charge is -2.27. The first-order valence-electron chi connectivity index (χ1n) is 11.6. The Kier molecular flexibility index (Phi) is 7.01. The van der Waals surface area contributed by atoms with E-state index < -0.39 is 24.0 Å². The molecule has 0 aliphatic carbocycles. The van der Waals surface area contributed by atoms with Gasteiger partial charge in [0, 0.05) is 24.3 Å². The predicted molar refractivity (Wildman–Crippen MR) is 125 cm³/mol. The quantitative estimate of drug-likeness (QED) is 0.450. The summed E-state index contributed by atoms with van der Waals surface area (Å²) in [6, 6.07) is 7.95. The van der Waals surface area contributed by atoms with Crippen LogP contribution in [-0.4, -0.2) is 34.0 Å². The molecule has 7 heteroatoms. The molecule has 2 N–H and O–H groups in total. The van der Waals surface area contributed by atoms with Crippen LogP contribution in [0, 0.1) is 0 Å². The Morgan fingerprint density at radius 2 is 1.74 bits per heavy atom. The van der Waals surface area contributed by atoms with Gasteiger partial charge < -0.3 is 19.7 Å². The highest BCUT2D eigenvalue weighted by Crippen LogP contribution is 2.47. The molecule has 34 heavy (non-hydrogen) atoms. The number of hydrogen-bond acceptors (Lipinski definition) is 7. The van der Waals surface area contributed by atoms with Crippen LogP contribution in [0.25, 0.3) is 6.08 Å². The summed E-state index contributed by atoms with van der Waals surface area (Å²) < 4.78 is 11.1. The van der Waals surface area contributed by atoms with Crippen molar-refractivity contribution in [1.29, 1.82) is 0 Å². The maximum Gasteiger partial charge on any atom is 0.342 e. The average molecular weight is 465 g/mol. The van der Waals surface area contributed by atoms with E-state index >= 15 is 0 Å². The number of aromatic hydroxyl groups is 2. The van der Waals surface area contributed by atoms with Crippen LogP contribution < -0.4 is 4.74 Å². The number of carbonyl (C=O) groups is 3. The van der Waals surface area contributed by atoms with Crippen LogP contribution in [-0.2, 0) is 14.3 Å². The van der Waals surface area contributed by atoms with Gasteiger partial charge in [0.25, 0.3) is 0 Å². The highest BCUT2D eigenvalue weighted by molar-refractivity contribution is 5.98. The molecule has 0 bridgehead atoms. The molecule has 2 aliphatic heterocycles. The van der Waals surface area contributed by atoms with Gasteiger partial charge in [-0.25, -0.2) is 4.79 Å². The number of Topliss-reactive ketones (excluding diaryl/α,β-unsaturated/α-hetero) is 1.